The summed E-state index contributed by atoms with van der Waals surface area (Å²) in [6.07, 6.45) is 3.03. The van der Waals surface area contributed by atoms with Crippen molar-refractivity contribution >= 4 is 17.0 Å². The van der Waals surface area contributed by atoms with Crippen LogP contribution < -0.4 is 4.74 Å². The average molecular weight is 325 g/mol. The second-order valence-electron chi connectivity index (χ2n) is 5.02. The molecule has 0 amide bonds. The maximum Gasteiger partial charge on any atom is 0.327 e. The van der Waals surface area contributed by atoms with Crippen molar-refractivity contribution in [2.75, 3.05) is 6.61 Å². The van der Waals surface area contributed by atoms with Gasteiger partial charge in [-0.1, -0.05) is 24.3 Å². The number of hydrogen-bond donors (Lipinski definition) is 3. The van der Waals surface area contributed by atoms with E-state index < -0.39 is 5.97 Å². The quantitative estimate of drug-likeness (QED) is 0.475. The van der Waals surface area contributed by atoms with Crippen LogP contribution in [0.5, 0.6) is 11.5 Å². The zero-order chi connectivity index (χ0) is 16.9. The first-order valence-electron chi connectivity index (χ1n) is 7.31. The smallest absolute Gasteiger partial charge is 0.327 e. The fourth-order valence-electron chi connectivity index (χ4n) is 2.40. The standard InChI is InChI=1S/C17H15N3O4/c21-13-7-4-8-14(24-10-2-1-9-15(22)23)16(13)11-5-3-6-12-17(11)19-20-18-12/h1,3-9,21H,2,10H2,(H,22,23)(H,18,19,20). The molecule has 0 aliphatic rings. The minimum Gasteiger partial charge on any atom is -0.507 e. The van der Waals surface area contributed by atoms with Gasteiger partial charge in [-0.25, -0.2) is 4.79 Å². The van der Waals surface area contributed by atoms with Crippen molar-refractivity contribution in [1.29, 1.82) is 0 Å². The van der Waals surface area contributed by atoms with E-state index in [1.165, 1.54) is 6.08 Å². The Morgan fingerprint density at radius 2 is 2.04 bits per heavy atom. The number of nitrogens with one attached hydrogen (secondary N) is 1. The Balaban J connectivity index is 1.91. The van der Waals surface area contributed by atoms with E-state index >= 15 is 0 Å². The number of para-hydroxylation sites is 1. The van der Waals surface area contributed by atoms with Gasteiger partial charge in [0.15, 0.2) is 0 Å². The molecule has 0 unspecified atom stereocenters. The number of phenols is 1. The van der Waals surface area contributed by atoms with Gasteiger partial charge in [0.05, 0.1) is 12.2 Å². The van der Waals surface area contributed by atoms with Gasteiger partial charge in [0.1, 0.15) is 22.5 Å². The number of carboxylic acids is 1. The SMILES string of the molecule is O=C(O)C=CCCOc1cccc(O)c1-c1cccc2n[nH]nc12. The highest BCUT2D eigenvalue weighted by molar-refractivity contribution is 5.95. The number of phenolic OH excluding ortho intramolecular Hbond substituents is 1. The monoisotopic (exact) mass is 325 g/mol. The zero-order valence-corrected chi connectivity index (χ0v) is 12.6. The van der Waals surface area contributed by atoms with Crippen molar-refractivity contribution in [2.24, 2.45) is 0 Å². The summed E-state index contributed by atoms with van der Waals surface area (Å²) in [5.41, 5.74) is 2.55. The lowest BCUT2D eigenvalue weighted by Crippen LogP contribution is -1.98. The molecule has 3 N–H and O–H groups in total. The van der Waals surface area contributed by atoms with Gasteiger partial charge in [0.2, 0.25) is 0 Å². The number of nitrogens with zero attached hydrogens (tertiary/aromatic N) is 2. The fourth-order valence-corrected chi connectivity index (χ4v) is 2.40. The summed E-state index contributed by atoms with van der Waals surface area (Å²) >= 11 is 0. The van der Waals surface area contributed by atoms with Crippen LogP contribution in [0.1, 0.15) is 6.42 Å². The first-order chi connectivity index (χ1) is 11.7. The first kappa shape index (κ1) is 15.5. The highest BCUT2D eigenvalue weighted by Crippen LogP contribution is 2.40. The number of aromatic hydroxyl groups is 1. The van der Waals surface area contributed by atoms with Crippen molar-refractivity contribution in [1.82, 2.24) is 15.4 Å². The number of hydrogen-bond acceptors (Lipinski definition) is 5. The van der Waals surface area contributed by atoms with Crippen molar-refractivity contribution < 1.29 is 19.7 Å². The third-order valence-electron chi connectivity index (χ3n) is 3.42. The molecule has 0 radical (unpaired) electrons. The second kappa shape index (κ2) is 6.82. The molecule has 0 fully saturated rings. The van der Waals surface area contributed by atoms with Crippen LogP contribution in [-0.4, -0.2) is 38.2 Å². The van der Waals surface area contributed by atoms with Crippen LogP contribution in [0.3, 0.4) is 0 Å². The Kier molecular flexibility index (Phi) is 4.42. The molecule has 0 spiro atoms. The van der Waals surface area contributed by atoms with Gasteiger partial charge in [0.25, 0.3) is 0 Å². The number of carboxylic acid groups (broad SMARTS) is 1. The molecule has 0 bridgehead atoms. The largest absolute Gasteiger partial charge is 0.507 e. The summed E-state index contributed by atoms with van der Waals surface area (Å²) in [7, 11) is 0. The molecule has 0 atom stereocenters. The maximum atomic E-state index is 10.4. The van der Waals surface area contributed by atoms with E-state index in [0.29, 0.717) is 34.3 Å². The molecule has 0 aliphatic heterocycles. The number of fused-ring (bicyclic) bond motifs is 1. The molecule has 0 saturated heterocycles. The fraction of sp³-hybridized carbons (Fsp3) is 0.118. The average Bonchev–Trinajstić information content (AvgIpc) is 3.03. The van der Waals surface area contributed by atoms with E-state index in [1.54, 1.807) is 18.2 Å². The summed E-state index contributed by atoms with van der Waals surface area (Å²) in [5.74, 6) is -0.427. The number of aliphatic carboxylic acids is 1. The van der Waals surface area contributed by atoms with Crippen LogP contribution >= 0.6 is 0 Å². The number of aromatic amines is 1. The van der Waals surface area contributed by atoms with Gasteiger partial charge >= 0.3 is 5.97 Å². The lowest BCUT2D eigenvalue weighted by molar-refractivity contribution is -0.131. The number of carbonyl (C=O) groups is 1. The Morgan fingerprint density at radius 3 is 2.88 bits per heavy atom. The number of benzene rings is 2. The molecular formula is C17H15N3O4. The summed E-state index contributed by atoms with van der Waals surface area (Å²) in [5, 5.41) is 29.6. The van der Waals surface area contributed by atoms with Gasteiger partial charge in [0, 0.05) is 11.6 Å². The predicted octanol–water partition coefficient (Wildman–Crippen LogP) is 2.74. The zero-order valence-electron chi connectivity index (χ0n) is 12.6. The number of aromatic nitrogens is 3. The third-order valence-corrected chi connectivity index (χ3v) is 3.42. The molecule has 3 aromatic rings. The van der Waals surface area contributed by atoms with Gasteiger partial charge in [-0.3, -0.25) is 0 Å². The Hall–Kier alpha value is -3.35. The molecule has 0 aliphatic carbocycles. The van der Waals surface area contributed by atoms with Gasteiger partial charge < -0.3 is 14.9 Å². The maximum absolute atomic E-state index is 10.4. The summed E-state index contributed by atoms with van der Waals surface area (Å²) in [4.78, 5) is 10.4. The van der Waals surface area contributed by atoms with E-state index in [0.717, 1.165) is 6.08 Å². The minimum atomic E-state index is -0.995. The molecule has 1 heterocycles. The Morgan fingerprint density at radius 1 is 1.21 bits per heavy atom. The van der Waals surface area contributed by atoms with Gasteiger partial charge in [-0.2, -0.15) is 15.4 Å². The molecule has 0 saturated carbocycles. The van der Waals surface area contributed by atoms with Crippen molar-refractivity contribution in [3.8, 4) is 22.6 Å². The highest BCUT2D eigenvalue weighted by atomic mass is 16.5. The third kappa shape index (κ3) is 3.19. The van der Waals surface area contributed by atoms with Gasteiger partial charge in [-0.05, 0) is 24.6 Å². The first-order valence-corrected chi connectivity index (χ1v) is 7.31. The molecule has 7 nitrogen and oxygen atoms in total. The second-order valence-corrected chi connectivity index (χ2v) is 5.02. The number of ether oxygens (including phenoxy) is 1. The topological polar surface area (TPSA) is 108 Å². The molecule has 122 valence electrons. The van der Waals surface area contributed by atoms with Crippen LogP contribution in [0.25, 0.3) is 22.2 Å². The molecule has 3 rings (SSSR count). The Bertz CT molecular complexity index is 902. The van der Waals surface area contributed by atoms with Gasteiger partial charge in [-0.15, -0.1) is 0 Å². The van der Waals surface area contributed by atoms with E-state index in [1.807, 2.05) is 18.2 Å². The molecule has 24 heavy (non-hydrogen) atoms. The van der Waals surface area contributed by atoms with Crippen LogP contribution in [0.15, 0.2) is 48.6 Å². The number of rotatable bonds is 6. The summed E-state index contributed by atoms with van der Waals surface area (Å²) in [6.45, 7) is 0.287. The van der Waals surface area contributed by atoms with Crippen molar-refractivity contribution in [3.63, 3.8) is 0 Å². The van der Waals surface area contributed by atoms with E-state index in [9.17, 15) is 9.90 Å². The lowest BCUT2D eigenvalue weighted by Gasteiger charge is -2.13. The molecule has 1 aromatic heterocycles. The molecular weight excluding hydrogens is 310 g/mol. The van der Waals surface area contributed by atoms with Crippen LogP contribution in [0, 0.1) is 0 Å². The molecule has 2 aromatic carbocycles. The van der Waals surface area contributed by atoms with E-state index in [4.69, 9.17) is 9.84 Å². The summed E-state index contributed by atoms with van der Waals surface area (Å²) < 4.78 is 5.72. The summed E-state index contributed by atoms with van der Waals surface area (Å²) in [6, 6.07) is 10.5. The van der Waals surface area contributed by atoms with E-state index in [2.05, 4.69) is 15.4 Å². The number of H-pyrrole nitrogens is 1. The van der Waals surface area contributed by atoms with Crippen molar-refractivity contribution in [2.45, 2.75) is 6.42 Å². The minimum absolute atomic E-state index is 0.0732. The van der Waals surface area contributed by atoms with E-state index in [-0.39, 0.29) is 12.4 Å². The Labute approximate surface area is 137 Å². The molecule has 7 heteroatoms. The van der Waals surface area contributed by atoms with Crippen LogP contribution in [0.2, 0.25) is 0 Å². The highest BCUT2D eigenvalue weighted by Gasteiger charge is 2.16. The predicted molar refractivity (Wildman–Crippen MR) is 87.9 cm³/mol. The lowest BCUT2D eigenvalue weighted by atomic mass is 10.0. The van der Waals surface area contributed by atoms with Crippen LogP contribution in [0.4, 0.5) is 0 Å². The normalized spacial score (nSPS) is 11.2. The van der Waals surface area contributed by atoms with Crippen molar-refractivity contribution in [3.05, 3.63) is 48.6 Å². The van der Waals surface area contributed by atoms with Crippen LogP contribution in [-0.2, 0) is 4.79 Å².